The molecule has 0 bridgehead atoms. The second-order valence-corrected chi connectivity index (χ2v) is 13.1. The zero-order valence-electron chi connectivity index (χ0n) is 28.1. The second kappa shape index (κ2) is 15.6. The number of rotatable bonds is 16. The van der Waals surface area contributed by atoms with Crippen molar-refractivity contribution in [1.29, 1.82) is 0 Å². The molecule has 2 atom stereocenters. The van der Waals surface area contributed by atoms with Gasteiger partial charge in [0, 0.05) is 6.20 Å². The molecule has 1 unspecified atom stereocenters. The summed E-state index contributed by atoms with van der Waals surface area (Å²) in [6.07, 6.45) is 2.80. The predicted octanol–water partition coefficient (Wildman–Crippen LogP) is 5.69. The minimum Gasteiger partial charge on any atom is -0.479 e. The number of carboxylic acid groups (broad SMARTS) is 1. The van der Waals surface area contributed by atoms with Crippen molar-refractivity contribution < 1.29 is 29.0 Å². The lowest BCUT2D eigenvalue weighted by Gasteiger charge is -2.32. The number of carboxylic acids is 1. The highest BCUT2D eigenvalue weighted by Gasteiger charge is 2.33. The Morgan fingerprint density at radius 3 is 2.10 bits per heavy atom. The van der Waals surface area contributed by atoms with Gasteiger partial charge in [-0.15, -0.1) is 0 Å². The molecule has 3 aromatic carbocycles. The van der Waals surface area contributed by atoms with E-state index < -0.39 is 35.1 Å². The van der Waals surface area contributed by atoms with Crippen molar-refractivity contribution in [2.75, 3.05) is 6.61 Å². The predicted molar refractivity (Wildman–Crippen MR) is 184 cm³/mol. The van der Waals surface area contributed by atoms with Crippen molar-refractivity contribution in [3.63, 3.8) is 0 Å². The van der Waals surface area contributed by atoms with Crippen LogP contribution < -0.4 is 10.6 Å². The molecular formula is C38H44N4O6. The minimum atomic E-state index is -1.17. The molecule has 0 aliphatic heterocycles. The number of aromatic nitrogens is 2. The number of benzene rings is 3. The number of carbonyl (C=O) groups excluding carboxylic acids is 2. The highest BCUT2D eigenvalue weighted by atomic mass is 16.5. The number of ketones is 1. The van der Waals surface area contributed by atoms with Crippen LogP contribution in [0.2, 0.25) is 0 Å². The van der Waals surface area contributed by atoms with Crippen LogP contribution in [0.3, 0.4) is 0 Å². The molecule has 0 radical (unpaired) electrons. The number of ether oxygens (including phenoxy) is 2. The Kier molecular flexibility index (Phi) is 11.6. The fraction of sp³-hybridized carbons (Fsp3) is 0.316. The number of nitrogens with one attached hydrogen (secondary N) is 2. The zero-order chi connectivity index (χ0) is 34.9. The summed E-state index contributed by atoms with van der Waals surface area (Å²) in [4.78, 5) is 43.8. The molecule has 0 fully saturated rings. The zero-order valence-corrected chi connectivity index (χ0v) is 28.1. The van der Waals surface area contributed by atoms with Gasteiger partial charge >= 0.3 is 5.97 Å². The summed E-state index contributed by atoms with van der Waals surface area (Å²) in [5.41, 5.74) is 2.13. The quantitative estimate of drug-likeness (QED) is 0.132. The minimum absolute atomic E-state index is 0.0821. The molecule has 1 aromatic heterocycles. The molecule has 252 valence electrons. The highest BCUT2D eigenvalue weighted by Crippen LogP contribution is 2.25. The van der Waals surface area contributed by atoms with Crippen LogP contribution in [0, 0.1) is 0 Å². The van der Waals surface area contributed by atoms with Crippen LogP contribution in [-0.2, 0) is 36.9 Å². The first kappa shape index (κ1) is 35.6. The number of amides is 1. The Labute approximate surface area is 281 Å². The molecule has 0 aliphatic carbocycles. The number of nitrogens with zero attached hydrogens (tertiary/aromatic N) is 2. The maximum atomic E-state index is 13.7. The second-order valence-electron chi connectivity index (χ2n) is 13.1. The van der Waals surface area contributed by atoms with Crippen LogP contribution in [0.5, 0.6) is 0 Å². The lowest BCUT2D eigenvalue weighted by molar-refractivity contribution is -0.139. The third-order valence-corrected chi connectivity index (χ3v) is 7.41. The van der Waals surface area contributed by atoms with Gasteiger partial charge in [-0.2, -0.15) is 0 Å². The fourth-order valence-corrected chi connectivity index (χ4v) is 5.07. The third kappa shape index (κ3) is 10.1. The number of hydrogen-bond donors (Lipinski definition) is 3. The molecule has 48 heavy (non-hydrogen) atoms. The van der Waals surface area contributed by atoms with E-state index in [2.05, 4.69) is 22.2 Å². The van der Waals surface area contributed by atoms with Crippen molar-refractivity contribution in [3.8, 4) is 11.1 Å². The SMILES string of the molecule is C=C(NC(C)(C)C(=O)N[C@H](COCc1ccccc1)C(=O)Cc1cn(C(C(=O)O)c2ccc(-c3ccccc3)cc2)cn1)OC(C)(C)C. The van der Waals surface area contributed by atoms with E-state index in [0.29, 0.717) is 11.3 Å². The van der Waals surface area contributed by atoms with Crippen molar-refractivity contribution in [2.24, 2.45) is 0 Å². The summed E-state index contributed by atoms with van der Waals surface area (Å²) in [6.45, 7) is 13.0. The molecule has 1 amide bonds. The molecular weight excluding hydrogens is 608 g/mol. The topological polar surface area (TPSA) is 132 Å². The van der Waals surface area contributed by atoms with Gasteiger partial charge in [0.2, 0.25) is 5.91 Å². The average Bonchev–Trinajstić information content (AvgIpc) is 3.47. The Balaban J connectivity index is 1.48. The molecule has 1 heterocycles. The summed E-state index contributed by atoms with van der Waals surface area (Å²) >= 11 is 0. The van der Waals surface area contributed by atoms with Gasteiger partial charge in [0.15, 0.2) is 17.7 Å². The van der Waals surface area contributed by atoms with Gasteiger partial charge in [0.25, 0.3) is 0 Å². The Morgan fingerprint density at radius 1 is 0.896 bits per heavy atom. The van der Waals surface area contributed by atoms with Crippen LogP contribution in [0.4, 0.5) is 0 Å². The van der Waals surface area contributed by atoms with Crippen LogP contribution in [0.15, 0.2) is 110 Å². The van der Waals surface area contributed by atoms with Crippen molar-refractivity contribution in [3.05, 3.63) is 127 Å². The van der Waals surface area contributed by atoms with Gasteiger partial charge in [0.1, 0.15) is 17.2 Å². The van der Waals surface area contributed by atoms with Gasteiger partial charge in [0.05, 0.1) is 31.7 Å². The molecule has 4 aromatic rings. The number of imidazole rings is 1. The van der Waals surface area contributed by atoms with Gasteiger partial charge in [-0.05, 0) is 63.5 Å². The standard InChI is InChI=1S/C38H44N4O6/c1-26(48-37(2,3)4)41-38(5,6)36(46)40-32(24-47-23-27-13-9-7-10-14-27)33(43)21-31-22-42(25-39-31)34(35(44)45)30-19-17-29(18-20-30)28-15-11-8-12-16-28/h7-20,22,25,32,34,41H,1,21,23-24H2,2-6H3,(H,40,46)(H,44,45)/t32-,34?/m1/s1. The largest absolute Gasteiger partial charge is 0.479 e. The van der Waals surface area contributed by atoms with E-state index in [1.54, 1.807) is 32.2 Å². The van der Waals surface area contributed by atoms with Crippen molar-refractivity contribution in [2.45, 2.75) is 70.9 Å². The van der Waals surface area contributed by atoms with E-state index in [-0.39, 0.29) is 31.3 Å². The molecule has 0 saturated heterocycles. The lowest BCUT2D eigenvalue weighted by atomic mass is 10.0. The maximum Gasteiger partial charge on any atom is 0.331 e. The normalized spacial score (nSPS) is 12.9. The number of Topliss-reactive ketones (excluding diaryl/α,β-unsaturated/α-hetero) is 1. The van der Waals surface area contributed by atoms with Crippen LogP contribution in [-0.4, -0.2) is 56.1 Å². The summed E-state index contributed by atoms with van der Waals surface area (Å²) in [7, 11) is 0. The summed E-state index contributed by atoms with van der Waals surface area (Å²) in [5, 5.41) is 16.0. The highest BCUT2D eigenvalue weighted by molar-refractivity contribution is 5.93. The summed E-state index contributed by atoms with van der Waals surface area (Å²) < 4.78 is 13.1. The molecule has 0 saturated carbocycles. The van der Waals surface area contributed by atoms with Crippen molar-refractivity contribution in [1.82, 2.24) is 20.2 Å². The van der Waals surface area contributed by atoms with E-state index in [1.807, 2.05) is 93.6 Å². The van der Waals surface area contributed by atoms with Gasteiger partial charge < -0.3 is 29.8 Å². The Morgan fingerprint density at radius 2 is 1.50 bits per heavy atom. The summed E-state index contributed by atoms with van der Waals surface area (Å²) in [5.74, 6) is -1.65. The van der Waals surface area contributed by atoms with Crippen LogP contribution >= 0.6 is 0 Å². The number of hydrogen-bond acceptors (Lipinski definition) is 7. The molecule has 0 aliphatic rings. The maximum absolute atomic E-state index is 13.7. The van der Waals surface area contributed by atoms with Gasteiger partial charge in [-0.3, -0.25) is 9.59 Å². The van der Waals surface area contributed by atoms with E-state index >= 15 is 0 Å². The van der Waals surface area contributed by atoms with Gasteiger partial charge in [-0.1, -0.05) is 84.9 Å². The monoisotopic (exact) mass is 652 g/mol. The fourth-order valence-electron chi connectivity index (χ4n) is 5.07. The first-order valence-corrected chi connectivity index (χ1v) is 15.7. The summed E-state index contributed by atoms with van der Waals surface area (Å²) in [6, 6.07) is 24.6. The molecule has 10 nitrogen and oxygen atoms in total. The first-order chi connectivity index (χ1) is 22.7. The average molecular weight is 653 g/mol. The molecule has 0 spiro atoms. The number of carbonyl (C=O) groups is 3. The van der Waals surface area contributed by atoms with Crippen LogP contribution in [0.1, 0.15) is 57.5 Å². The lowest BCUT2D eigenvalue weighted by Crippen LogP contribution is -2.57. The Hall–Kier alpha value is -5.22. The van der Waals surface area contributed by atoms with E-state index in [1.165, 1.54) is 10.9 Å². The molecule has 3 N–H and O–H groups in total. The first-order valence-electron chi connectivity index (χ1n) is 15.7. The van der Waals surface area contributed by atoms with E-state index in [0.717, 1.165) is 16.7 Å². The molecule has 4 rings (SSSR count). The smallest absolute Gasteiger partial charge is 0.331 e. The van der Waals surface area contributed by atoms with Gasteiger partial charge in [-0.25, -0.2) is 9.78 Å². The van der Waals surface area contributed by atoms with Crippen molar-refractivity contribution >= 4 is 17.7 Å². The Bertz CT molecular complexity index is 1690. The third-order valence-electron chi connectivity index (χ3n) is 7.41. The number of aliphatic carboxylic acids is 1. The molecule has 10 heteroatoms. The van der Waals surface area contributed by atoms with E-state index in [4.69, 9.17) is 9.47 Å². The van der Waals surface area contributed by atoms with E-state index in [9.17, 15) is 19.5 Å². The van der Waals surface area contributed by atoms with Crippen LogP contribution in [0.25, 0.3) is 11.1 Å².